The van der Waals surface area contributed by atoms with Gasteiger partial charge in [0.15, 0.2) is 0 Å². The van der Waals surface area contributed by atoms with Crippen molar-refractivity contribution in [3.8, 4) is 0 Å². The van der Waals surface area contributed by atoms with Gasteiger partial charge in [-0.15, -0.1) is 0 Å². The number of hydrogen-bond donors (Lipinski definition) is 0. The van der Waals surface area contributed by atoms with Gasteiger partial charge < -0.3 is 9.45 Å². The van der Waals surface area contributed by atoms with Crippen LogP contribution in [-0.4, -0.2) is 50.7 Å². The molecule has 1 aliphatic heterocycles. The summed E-state index contributed by atoms with van der Waals surface area (Å²) >= 11 is 3.78. The van der Waals surface area contributed by atoms with Gasteiger partial charge in [0, 0.05) is 32.4 Å². The minimum Gasteiger partial charge on any atom is -0.771 e. The van der Waals surface area contributed by atoms with Crippen LogP contribution in [0.4, 0.5) is 5.82 Å². The number of rotatable bonds is 3. The van der Waals surface area contributed by atoms with Gasteiger partial charge >= 0.3 is 0 Å². The number of anilines is 1. The molecular formula is C10H13ClN3O2S-. The normalized spacial score (nSPS) is 19.3. The third-order valence-electron chi connectivity index (χ3n) is 2.70. The molecule has 0 saturated carbocycles. The molecule has 0 bridgehead atoms. The third-order valence-corrected chi connectivity index (χ3v) is 3.50. The van der Waals surface area contributed by atoms with Crippen LogP contribution in [0, 0.1) is 0 Å². The van der Waals surface area contributed by atoms with Gasteiger partial charge in [0.05, 0.1) is 10.9 Å². The zero-order valence-electron chi connectivity index (χ0n) is 9.21. The van der Waals surface area contributed by atoms with Gasteiger partial charge in [-0.3, -0.25) is 9.11 Å². The highest BCUT2D eigenvalue weighted by Crippen LogP contribution is 2.15. The average Bonchev–Trinajstić information content (AvgIpc) is 2.30. The van der Waals surface area contributed by atoms with E-state index >= 15 is 0 Å². The van der Waals surface area contributed by atoms with Crippen molar-refractivity contribution in [2.75, 3.05) is 37.0 Å². The summed E-state index contributed by atoms with van der Waals surface area (Å²) < 4.78 is 21.1. The van der Waals surface area contributed by atoms with Crippen LogP contribution in [0.25, 0.3) is 0 Å². The second-order valence-corrected chi connectivity index (χ2v) is 5.17. The fraction of sp³-hybridized carbons (Fsp3) is 0.500. The second kappa shape index (κ2) is 5.77. The fourth-order valence-corrected chi connectivity index (χ4v) is 2.48. The van der Waals surface area contributed by atoms with E-state index in [-0.39, 0.29) is 5.88 Å². The van der Waals surface area contributed by atoms with Gasteiger partial charge in [0.2, 0.25) is 0 Å². The molecule has 0 radical (unpaired) electrons. The first-order chi connectivity index (χ1) is 8.15. The molecule has 2 rings (SSSR count). The maximum Gasteiger partial charge on any atom is 0.128 e. The molecule has 5 nitrogen and oxygen atoms in total. The maximum atomic E-state index is 10.6. The van der Waals surface area contributed by atoms with Crippen LogP contribution in [0.2, 0.25) is 5.02 Å². The molecule has 1 atom stereocenters. The van der Waals surface area contributed by atoms with Crippen molar-refractivity contribution in [3.63, 3.8) is 0 Å². The Balaban J connectivity index is 1.90. The van der Waals surface area contributed by atoms with E-state index in [9.17, 15) is 8.76 Å². The minimum atomic E-state index is -2.00. The molecule has 94 valence electrons. The third kappa shape index (κ3) is 3.64. The quantitative estimate of drug-likeness (QED) is 0.759. The minimum absolute atomic E-state index is 0.113. The van der Waals surface area contributed by atoms with E-state index in [2.05, 4.69) is 9.88 Å². The molecule has 0 N–H and O–H groups in total. The lowest BCUT2D eigenvalue weighted by Crippen LogP contribution is -2.47. The molecule has 7 heteroatoms. The highest BCUT2D eigenvalue weighted by Gasteiger charge is 2.17. The van der Waals surface area contributed by atoms with E-state index in [0.717, 1.165) is 32.0 Å². The maximum absolute atomic E-state index is 10.6. The summed E-state index contributed by atoms with van der Waals surface area (Å²) in [5.74, 6) is 0.999. The largest absolute Gasteiger partial charge is 0.771 e. The topological polar surface area (TPSA) is 59.5 Å². The molecule has 1 fully saturated rings. The van der Waals surface area contributed by atoms with Crippen molar-refractivity contribution in [2.45, 2.75) is 0 Å². The van der Waals surface area contributed by atoms with Crippen LogP contribution in [-0.2, 0) is 11.1 Å². The Labute approximate surface area is 108 Å². The van der Waals surface area contributed by atoms with Crippen LogP contribution in [0.15, 0.2) is 18.3 Å². The van der Waals surface area contributed by atoms with E-state index in [4.69, 9.17) is 11.6 Å². The van der Waals surface area contributed by atoms with Crippen molar-refractivity contribution in [1.82, 2.24) is 9.88 Å². The molecule has 1 aliphatic rings. The number of halogens is 1. The number of nitrogens with zero attached hydrogens (tertiary/aromatic N) is 3. The van der Waals surface area contributed by atoms with Crippen LogP contribution in [0.1, 0.15) is 0 Å². The van der Waals surface area contributed by atoms with E-state index in [1.54, 1.807) is 6.20 Å². The highest BCUT2D eigenvalue weighted by molar-refractivity contribution is 7.79. The lowest BCUT2D eigenvalue weighted by Gasteiger charge is -2.35. The van der Waals surface area contributed by atoms with Crippen molar-refractivity contribution in [2.24, 2.45) is 0 Å². The molecule has 1 aromatic rings. The summed E-state index contributed by atoms with van der Waals surface area (Å²) in [5, 5.41) is 0.620. The van der Waals surface area contributed by atoms with Crippen molar-refractivity contribution >= 4 is 28.5 Å². The Hall–Kier alpha value is -0.690. The van der Waals surface area contributed by atoms with Crippen molar-refractivity contribution < 1.29 is 8.76 Å². The Kier molecular flexibility index (Phi) is 4.33. The first kappa shape index (κ1) is 12.8. The second-order valence-electron chi connectivity index (χ2n) is 3.87. The number of pyridine rings is 1. The van der Waals surface area contributed by atoms with Gasteiger partial charge in [-0.25, -0.2) is 4.98 Å². The van der Waals surface area contributed by atoms with Gasteiger partial charge in [0.25, 0.3) is 0 Å². The molecule has 0 amide bonds. The molecule has 0 aliphatic carbocycles. The van der Waals surface area contributed by atoms with Gasteiger partial charge in [-0.2, -0.15) is 0 Å². The summed E-state index contributed by atoms with van der Waals surface area (Å²) in [6.07, 6.45) is 1.62. The van der Waals surface area contributed by atoms with Crippen LogP contribution < -0.4 is 4.90 Å². The molecule has 1 unspecified atom stereocenters. The van der Waals surface area contributed by atoms with Crippen molar-refractivity contribution in [1.29, 1.82) is 0 Å². The Morgan fingerprint density at radius 1 is 1.35 bits per heavy atom. The standard InChI is InChI=1S/C10H14ClN3O2S/c11-9-1-2-10(12-7-9)14-5-3-13(4-6-14)8-17(15)16/h1-2,7H,3-6,8H2,(H,15,16)/p-1. The Bertz CT molecular complexity index is 393. The van der Waals surface area contributed by atoms with Crippen LogP contribution in [0.5, 0.6) is 0 Å². The molecule has 1 aromatic heterocycles. The number of piperazine rings is 1. The summed E-state index contributed by atoms with van der Waals surface area (Å²) in [6, 6.07) is 3.69. The summed E-state index contributed by atoms with van der Waals surface area (Å²) in [5.41, 5.74) is 0. The lowest BCUT2D eigenvalue weighted by atomic mass is 10.3. The van der Waals surface area contributed by atoms with E-state index < -0.39 is 11.1 Å². The summed E-state index contributed by atoms with van der Waals surface area (Å²) in [7, 11) is 0. The Morgan fingerprint density at radius 2 is 2.06 bits per heavy atom. The molecule has 1 saturated heterocycles. The van der Waals surface area contributed by atoms with Crippen LogP contribution >= 0.6 is 11.6 Å². The SMILES string of the molecule is O=S([O-])CN1CCN(c2ccc(Cl)cn2)CC1. The zero-order valence-corrected chi connectivity index (χ0v) is 10.8. The molecule has 0 aromatic carbocycles. The first-order valence-corrected chi connectivity index (χ1v) is 6.92. The van der Waals surface area contributed by atoms with E-state index in [1.165, 1.54) is 0 Å². The molecule has 0 spiro atoms. The van der Waals surface area contributed by atoms with Gasteiger partial charge in [0.1, 0.15) is 5.82 Å². The predicted octanol–water partition coefficient (Wildman–Crippen LogP) is 0.694. The van der Waals surface area contributed by atoms with Gasteiger partial charge in [-0.05, 0) is 23.2 Å². The zero-order chi connectivity index (χ0) is 12.3. The molecule has 17 heavy (non-hydrogen) atoms. The van der Waals surface area contributed by atoms with Gasteiger partial charge in [-0.1, -0.05) is 11.6 Å². The molecule has 2 heterocycles. The lowest BCUT2D eigenvalue weighted by molar-refractivity contribution is 0.291. The fourth-order valence-electron chi connectivity index (χ4n) is 1.81. The number of aromatic nitrogens is 1. The van der Waals surface area contributed by atoms with E-state index in [1.807, 2.05) is 17.0 Å². The first-order valence-electron chi connectivity index (χ1n) is 5.30. The van der Waals surface area contributed by atoms with Crippen molar-refractivity contribution in [3.05, 3.63) is 23.4 Å². The highest BCUT2D eigenvalue weighted by atomic mass is 35.5. The monoisotopic (exact) mass is 274 g/mol. The molecular weight excluding hydrogens is 262 g/mol. The summed E-state index contributed by atoms with van der Waals surface area (Å²) in [6.45, 7) is 3.04. The Morgan fingerprint density at radius 3 is 2.59 bits per heavy atom. The number of hydrogen-bond acceptors (Lipinski definition) is 5. The van der Waals surface area contributed by atoms with E-state index in [0.29, 0.717) is 5.02 Å². The average molecular weight is 275 g/mol. The van der Waals surface area contributed by atoms with Crippen LogP contribution in [0.3, 0.4) is 0 Å². The predicted molar refractivity (Wildman–Crippen MR) is 66.8 cm³/mol. The summed E-state index contributed by atoms with van der Waals surface area (Å²) in [4.78, 5) is 8.28. The smallest absolute Gasteiger partial charge is 0.128 e.